The Labute approximate surface area is 223 Å². The number of ether oxygens (including phenoxy) is 1. The Morgan fingerprint density at radius 1 is 0.947 bits per heavy atom. The fourth-order valence-electron chi connectivity index (χ4n) is 5.39. The summed E-state index contributed by atoms with van der Waals surface area (Å²) in [7, 11) is 0. The Morgan fingerprint density at radius 2 is 1.68 bits per heavy atom. The molecule has 1 aliphatic rings. The minimum Gasteiger partial charge on any atom is -0.492 e. The number of nitrogens with one attached hydrogen (secondary N) is 1. The summed E-state index contributed by atoms with van der Waals surface area (Å²) in [5, 5.41) is 0. The molecule has 7 heteroatoms. The van der Waals surface area contributed by atoms with E-state index >= 15 is 0 Å². The standard InChI is InChI=1S/C31H36N4O3/c1-3-34(4-2)30(36)24-14-12-23(13-15-24)25-8-7-9-27(22-25)38-21-20-33-18-16-26(17-19-33)35-29-11-6-5-10-28(29)32-31(35)37/h5-15,22,26H,3-4,16-21H2,1-2H3,(H,32,37). The number of carbonyl (C=O) groups is 1. The number of para-hydroxylation sites is 2. The summed E-state index contributed by atoms with van der Waals surface area (Å²) in [6.45, 7) is 8.75. The molecule has 3 aromatic carbocycles. The average Bonchev–Trinajstić information content (AvgIpc) is 3.30. The van der Waals surface area contributed by atoms with Crippen molar-refractivity contribution in [3.63, 3.8) is 0 Å². The number of likely N-dealkylation sites (tertiary alicyclic amines) is 1. The maximum absolute atomic E-state index is 12.6. The van der Waals surface area contributed by atoms with Crippen LogP contribution in [-0.2, 0) is 0 Å². The van der Waals surface area contributed by atoms with Gasteiger partial charge < -0.3 is 14.6 Å². The van der Waals surface area contributed by atoms with Gasteiger partial charge in [0, 0.05) is 44.3 Å². The molecular formula is C31H36N4O3. The Kier molecular flexibility index (Phi) is 7.94. The van der Waals surface area contributed by atoms with Crippen LogP contribution in [0.25, 0.3) is 22.2 Å². The van der Waals surface area contributed by atoms with Crippen molar-refractivity contribution in [3.05, 3.63) is 88.8 Å². The largest absolute Gasteiger partial charge is 0.492 e. The molecule has 1 N–H and O–H groups in total. The van der Waals surface area contributed by atoms with Crippen LogP contribution in [0.2, 0.25) is 0 Å². The van der Waals surface area contributed by atoms with Gasteiger partial charge in [0.2, 0.25) is 0 Å². The second kappa shape index (κ2) is 11.7. The summed E-state index contributed by atoms with van der Waals surface area (Å²) in [6, 6.07) is 24.0. The van der Waals surface area contributed by atoms with Gasteiger partial charge in [0.15, 0.2) is 0 Å². The van der Waals surface area contributed by atoms with Crippen LogP contribution in [0.4, 0.5) is 0 Å². The fourth-order valence-corrected chi connectivity index (χ4v) is 5.39. The summed E-state index contributed by atoms with van der Waals surface area (Å²) >= 11 is 0. The number of H-pyrrole nitrogens is 1. The molecule has 0 aliphatic carbocycles. The Bertz CT molecular complexity index is 1430. The van der Waals surface area contributed by atoms with Crippen molar-refractivity contribution in [3.8, 4) is 16.9 Å². The number of amides is 1. The van der Waals surface area contributed by atoms with Crippen LogP contribution in [0.3, 0.4) is 0 Å². The lowest BCUT2D eigenvalue weighted by Crippen LogP contribution is -2.38. The van der Waals surface area contributed by atoms with E-state index in [9.17, 15) is 9.59 Å². The number of carbonyl (C=O) groups excluding carboxylic acids is 1. The van der Waals surface area contributed by atoms with Gasteiger partial charge >= 0.3 is 5.69 Å². The molecule has 1 amide bonds. The highest BCUT2D eigenvalue weighted by Crippen LogP contribution is 2.26. The van der Waals surface area contributed by atoms with E-state index in [1.807, 2.05) is 84.0 Å². The molecule has 0 unspecified atom stereocenters. The van der Waals surface area contributed by atoms with Crippen molar-refractivity contribution in [2.24, 2.45) is 0 Å². The second-order valence-corrected chi connectivity index (χ2v) is 9.82. The van der Waals surface area contributed by atoms with Crippen LogP contribution in [0.15, 0.2) is 77.6 Å². The van der Waals surface area contributed by atoms with E-state index in [4.69, 9.17) is 4.74 Å². The summed E-state index contributed by atoms with van der Waals surface area (Å²) in [4.78, 5) is 32.3. The number of aromatic amines is 1. The number of imidazole rings is 1. The van der Waals surface area contributed by atoms with Crippen LogP contribution >= 0.6 is 0 Å². The molecule has 1 aromatic heterocycles. The molecule has 1 aliphatic heterocycles. The molecule has 2 heterocycles. The van der Waals surface area contributed by atoms with E-state index in [0.717, 1.165) is 60.4 Å². The number of rotatable bonds is 9. The number of benzene rings is 3. The Balaban J connectivity index is 1.13. The third-order valence-corrected chi connectivity index (χ3v) is 7.57. The highest BCUT2D eigenvalue weighted by molar-refractivity contribution is 5.94. The van der Waals surface area contributed by atoms with E-state index in [2.05, 4.69) is 22.0 Å². The molecule has 0 radical (unpaired) electrons. The van der Waals surface area contributed by atoms with Gasteiger partial charge in [-0.3, -0.25) is 14.3 Å². The summed E-state index contributed by atoms with van der Waals surface area (Å²) in [5.41, 5.74) is 4.71. The van der Waals surface area contributed by atoms with E-state index in [1.165, 1.54) is 0 Å². The quantitative estimate of drug-likeness (QED) is 0.335. The molecule has 0 atom stereocenters. The minimum absolute atomic E-state index is 0.0157. The monoisotopic (exact) mass is 512 g/mol. The second-order valence-electron chi connectivity index (χ2n) is 9.82. The fraction of sp³-hybridized carbons (Fsp3) is 0.355. The van der Waals surface area contributed by atoms with E-state index in [0.29, 0.717) is 25.3 Å². The zero-order chi connectivity index (χ0) is 26.5. The van der Waals surface area contributed by atoms with E-state index in [-0.39, 0.29) is 17.6 Å². The summed E-state index contributed by atoms with van der Waals surface area (Å²) in [5.74, 6) is 0.905. The molecule has 0 spiro atoms. The van der Waals surface area contributed by atoms with Crippen molar-refractivity contribution in [2.75, 3.05) is 39.3 Å². The normalized spacial score (nSPS) is 14.6. The van der Waals surface area contributed by atoms with E-state index < -0.39 is 0 Å². The van der Waals surface area contributed by atoms with Crippen LogP contribution in [0.1, 0.15) is 43.1 Å². The number of aromatic nitrogens is 2. The van der Waals surface area contributed by atoms with Gasteiger partial charge in [0.25, 0.3) is 5.91 Å². The lowest BCUT2D eigenvalue weighted by molar-refractivity contribution is 0.0773. The average molecular weight is 513 g/mol. The smallest absolute Gasteiger partial charge is 0.326 e. The van der Waals surface area contributed by atoms with Crippen molar-refractivity contribution in [2.45, 2.75) is 32.7 Å². The first-order valence-corrected chi connectivity index (χ1v) is 13.6. The first-order chi connectivity index (χ1) is 18.6. The maximum Gasteiger partial charge on any atom is 0.326 e. The van der Waals surface area contributed by atoms with Gasteiger partial charge in [0.05, 0.1) is 11.0 Å². The summed E-state index contributed by atoms with van der Waals surface area (Å²) < 4.78 is 8.04. The third kappa shape index (κ3) is 5.53. The van der Waals surface area contributed by atoms with E-state index in [1.54, 1.807) is 0 Å². The number of hydrogen-bond acceptors (Lipinski definition) is 4. The molecular weight excluding hydrogens is 476 g/mol. The maximum atomic E-state index is 12.6. The third-order valence-electron chi connectivity index (χ3n) is 7.57. The zero-order valence-electron chi connectivity index (χ0n) is 22.2. The molecule has 7 nitrogen and oxygen atoms in total. The molecule has 0 saturated carbocycles. The zero-order valence-corrected chi connectivity index (χ0v) is 22.2. The predicted molar refractivity (Wildman–Crippen MR) is 152 cm³/mol. The molecule has 1 saturated heterocycles. The topological polar surface area (TPSA) is 70.6 Å². The lowest BCUT2D eigenvalue weighted by atomic mass is 10.0. The molecule has 198 valence electrons. The van der Waals surface area contributed by atoms with Crippen LogP contribution < -0.4 is 10.4 Å². The molecule has 5 rings (SSSR count). The number of hydrogen-bond donors (Lipinski definition) is 1. The van der Waals surface area contributed by atoms with Gasteiger partial charge in [0.1, 0.15) is 12.4 Å². The van der Waals surface area contributed by atoms with Gasteiger partial charge in [-0.15, -0.1) is 0 Å². The minimum atomic E-state index is -0.0157. The predicted octanol–water partition coefficient (Wildman–Crippen LogP) is 5.19. The van der Waals surface area contributed by atoms with Gasteiger partial charge in [-0.2, -0.15) is 0 Å². The Morgan fingerprint density at radius 3 is 2.42 bits per heavy atom. The molecule has 4 aromatic rings. The number of nitrogens with zero attached hydrogens (tertiary/aromatic N) is 3. The number of fused-ring (bicyclic) bond motifs is 1. The van der Waals surface area contributed by atoms with Crippen LogP contribution in [0.5, 0.6) is 5.75 Å². The van der Waals surface area contributed by atoms with Gasteiger partial charge in [-0.1, -0.05) is 36.4 Å². The first kappa shape index (κ1) is 25.8. The highest BCUT2D eigenvalue weighted by atomic mass is 16.5. The summed E-state index contributed by atoms with van der Waals surface area (Å²) in [6.07, 6.45) is 1.90. The molecule has 0 bridgehead atoms. The number of piperidine rings is 1. The van der Waals surface area contributed by atoms with Crippen molar-refractivity contribution in [1.82, 2.24) is 19.4 Å². The van der Waals surface area contributed by atoms with Crippen LogP contribution in [0, 0.1) is 0 Å². The molecule has 38 heavy (non-hydrogen) atoms. The van der Waals surface area contributed by atoms with Crippen molar-refractivity contribution >= 4 is 16.9 Å². The molecule has 1 fully saturated rings. The van der Waals surface area contributed by atoms with Gasteiger partial charge in [-0.25, -0.2) is 4.79 Å². The highest BCUT2D eigenvalue weighted by Gasteiger charge is 2.23. The first-order valence-electron chi connectivity index (χ1n) is 13.6. The SMILES string of the molecule is CCN(CC)C(=O)c1ccc(-c2cccc(OCCN3CCC(n4c(=O)[nH]c5ccccc54)CC3)c2)cc1. The van der Waals surface area contributed by atoms with Gasteiger partial charge in [-0.05, 0) is 74.2 Å². The van der Waals surface area contributed by atoms with Crippen molar-refractivity contribution < 1.29 is 9.53 Å². The Hall–Kier alpha value is -3.84. The lowest BCUT2D eigenvalue weighted by Gasteiger charge is -2.32. The van der Waals surface area contributed by atoms with Crippen molar-refractivity contribution in [1.29, 1.82) is 0 Å². The van der Waals surface area contributed by atoms with Crippen LogP contribution in [-0.4, -0.2) is 64.6 Å².